The third kappa shape index (κ3) is 4.38. The topological polar surface area (TPSA) is 30.5 Å². The van der Waals surface area contributed by atoms with E-state index in [1.807, 2.05) is 30.0 Å². The summed E-state index contributed by atoms with van der Waals surface area (Å²) in [5.41, 5.74) is 5.92. The monoisotopic (exact) mass is 439 g/mol. The SMILES string of the molecule is COc1ccc(CNc2cccc3c2C(OCc2ccccc2)c2ccccc2S3)cc1. The Labute approximate surface area is 193 Å². The van der Waals surface area contributed by atoms with Gasteiger partial charge < -0.3 is 14.8 Å². The van der Waals surface area contributed by atoms with E-state index in [1.54, 1.807) is 7.11 Å². The molecule has 3 nitrogen and oxygen atoms in total. The van der Waals surface area contributed by atoms with E-state index >= 15 is 0 Å². The van der Waals surface area contributed by atoms with Crippen molar-refractivity contribution in [2.75, 3.05) is 12.4 Å². The summed E-state index contributed by atoms with van der Waals surface area (Å²) < 4.78 is 11.9. The van der Waals surface area contributed by atoms with Crippen molar-refractivity contribution in [3.05, 3.63) is 119 Å². The summed E-state index contributed by atoms with van der Waals surface area (Å²) in [4.78, 5) is 2.49. The second-order valence-electron chi connectivity index (χ2n) is 7.74. The van der Waals surface area contributed by atoms with Crippen LogP contribution in [0, 0.1) is 0 Å². The van der Waals surface area contributed by atoms with Crippen LogP contribution >= 0.6 is 11.8 Å². The third-order valence-electron chi connectivity index (χ3n) is 5.65. The quantitative estimate of drug-likeness (QED) is 0.333. The van der Waals surface area contributed by atoms with Crippen LogP contribution < -0.4 is 10.1 Å². The molecule has 1 aliphatic heterocycles. The van der Waals surface area contributed by atoms with Crippen molar-refractivity contribution in [1.29, 1.82) is 0 Å². The highest BCUT2D eigenvalue weighted by Gasteiger charge is 2.29. The maximum absolute atomic E-state index is 6.58. The number of benzene rings is 4. The molecule has 0 aromatic heterocycles. The van der Waals surface area contributed by atoms with Crippen LogP contribution in [0.25, 0.3) is 0 Å². The molecule has 0 radical (unpaired) electrons. The first-order valence-corrected chi connectivity index (χ1v) is 11.6. The van der Waals surface area contributed by atoms with Gasteiger partial charge in [0.15, 0.2) is 0 Å². The van der Waals surface area contributed by atoms with Gasteiger partial charge in [0.25, 0.3) is 0 Å². The summed E-state index contributed by atoms with van der Waals surface area (Å²) in [6.45, 7) is 1.30. The molecule has 1 heterocycles. The predicted octanol–water partition coefficient (Wildman–Crippen LogP) is 7.08. The highest BCUT2D eigenvalue weighted by atomic mass is 32.2. The molecule has 4 aromatic rings. The summed E-state index contributed by atoms with van der Waals surface area (Å²) in [6, 6.07) is 33.5. The molecule has 0 amide bonds. The summed E-state index contributed by atoms with van der Waals surface area (Å²) in [5, 5.41) is 3.65. The van der Waals surface area contributed by atoms with Gasteiger partial charge in [0.2, 0.25) is 0 Å². The van der Waals surface area contributed by atoms with Crippen LogP contribution in [0.3, 0.4) is 0 Å². The Balaban J connectivity index is 1.45. The van der Waals surface area contributed by atoms with Crippen LogP contribution in [0.5, 0.6) is 5.75 Å². The summed E-state index contributed by atoms with van der Waals surface area (Å²) >= 11 is 1.81. The fourth-order valence-corrected chi connectivity index (χ4v) is 5.14. The van der Waals surface area contributed by atoms with E-state index in [9.17, 15) is 0 Å². The van der Waals surface area contributed by atoms with E-state index in [4.69, 9.17) is 9.47 Å². The lowest BCUT2D eigenvalue weighted by atomic mass is 9.98. The molecule has 4 aromatic carbocycles. The molecule has 5 rings (SSSR count). The Kier molecular flexibility index (Phi) is 6.15. The lowest BCUT2D eigenvalue weighted by Gasteiger charge is -2.30. The van der Waals surface area contributed by atoms with Gasteiger partial charge in [-0.15, -0.1) is 0 Å². The molecule has 0 fully saturated rings. The number of anilines is 1. The Morgan fingerprint density at radius 1 is 0.750 bits per heavy atom. The number of ether oxygens (including phenoxy) is 2. The van der Waals surface area contributed by atoms with Crippen LogP contribution in [-0.2, 0) is 17.9 Å². The van der Waals surface area contributed by atoms with E-state index in [-0.39, 0.29) is 6.10 Å². The van der Waals surface area contributed by atoms with Gasteiger partial charge in [0, 0.05) is 27.6 Å². The number of hydrogen-bond donors (Lipinski definition) is 1. The van der Waals surface area contributed by atoms with E-state index in [0.717, 1.165) is 18.0 Å². The van der Waals surface area contributed by atoms with E-state index in [2.05, 4.69) is 84.2 Å². The van der Waals surface area contributed by atoms with Gasteiger partial charge >= 0.3 is 0 Å². The zero-order valence-corrected chi connectivity index (χ0v) is 18.8. The van der Waals surface area contributed by atoms with Crippen molar-refractivity contribution in [3.63, 3.8) is 0 Å². The van der Waals surface area contributed by atoms with E-state index in [0.29, 0.717) is 6.61 Å². The van der Waals surface area contributed by atoms with Crippen molar-refractivity contribution in [2.24, 2.45) is 0 Å². The standard InChI is InChI=1S/C28H25NO2S/c1-30-22-16-14-20(15-17-22)18-29-24-11-7-13-26-27(24)28(23-10-5-6-12-25(23)32-26)31-19-21-8-3-2-4-9-21/h2-17,28-29H,18-19H2,1H3. The molecule has 0 spiro atoms. The smallest absolute Gasteiger partial charge is 0.118 e. The minimum atomic E-state index is -0.123. The van der Waals surface area contributed by atoms with Gasteiger partial charge in [-0.25, -0.2) is 0 Å². The van der Waals surface area contributed by atoms with Gasteiger partial charge in [-0.05, 0) is 47.0 Å². The van der Waals surface area contributed by atoms with Crippen molar-refractivity contribution >= 4 is 17.4 Å². The summed E-state index contributed by atoms with van der Waals surface area (Å²) in [6.07, 6.45) is -0.123. The number of nitrogens with one attached hydrogen (secondary N) is 1. The Morgan fingerprint density at radius 3 is 2.31 bits per heavy atom. The Hall–Kier alpha value is -3.21. The first kappa shape index (κ1) is 20.7. The second kappa shape index (κ2) is 9.51. The Bertz CT molecular complexity index is 1190. The van der Waals surface area contributed by atoms with Crippen LogP contribution in [0.4, 0.5) is 5.69 Å². The van der Waals surface area contributed by atoms with Crippen molar-refractivity contribution < 1.29 is 9.47 Å². The van der Waals surface area contributed by atoms with Gasteiger partial charge in [0.1, 0.15) is 11.9 Å². The number of methoxy groups -OCH3 is 1. The number of hydrogen-bond acceptors (Lipinski definition) is 4. The molecule has 1 unspecified atom stereocenters. The molecule has 0 saturated heterocycles. The molecule has 0 aliphatic carbocycles. The van der Waals surface area contributed by atoms with E-state index in [1.165, 1.54) is 32.0 Å². The van der Waals surface area contributed by atoms with Crippen molar-refractivity contribution in [1.82, 2.24) is 0 Å². The number of fused-ring (bicyclic) bond motifs is 2. The molecule has 1 aliphatic rings. The first-order valence-electron chi connectivity index (χ1n) is 10.7. The molecule has 1 N–H and O–H groups in total. The molecular weight excluding hydrogens is 414 g/mol. The minimum Gasteiger partial charge on any atom is -0.497 e. The molecule has 0 bridgehead atoms. The average molecular weight is 440 g/mol. The number of rotatable bonds is 7. The normalized spacial score (nSPS) is 14.3. The largest absolute Gasteiger partial charge is 0.497 e. The fraction of sp³-hybridized carbons (Fsp3) is 0.143. The third-order valence-corrected chi connectivity index (χ3v) is 6.82. The molecular formula is C28H25NO2S. The molecule has 4 heteroatoms. The van der Waals surface area contributed by atoms with E-state index < -0.39 is 0 Å². The summed E-state index contributed by atoms with van der Waals surface area (Å²) in [7, 11) is 1.69. The molecule has 1 atom stereocenters. The zero-order valence-electron chi connectivity index (χ0n) is 18.0. The van der Waals surface area contributed by atoms with Gasteiger partial charge in [-0.2, -0.15) is 0 Å². The molecule has 0 saturated carbocycles. The van der Waals surface area contributed by atoms with Crippen LogP contribution in [-0.4, -0.2) is 7.11 Å². The highest BCUT2D eigenvalue weighted by molar-refractivity contribution is 7.99. The lowest BCUT2D eigenvalue weighted by Crippen LogP contribution is -2.15. The van der Waals surface area contributed by atoms with Gasteiger partial charge in [0.05, 0.1) is 13.7 Å². The van der Waals surface area contributed by atoms with Crippen LogP contribution in [0.1, 0.15) is 28.4 Å². The lowest BCUT2D eigenvalue weighted by molar-refractivity contribution is 0.0632. The summed E-state index contributed by atoms with van der Waals surface area (Å²) in [5.74, 6) is 0.869. The molecule has 32 heavy (non-hydrogen) atoms. The molecule has 160 valence electrons. The van der Waals surface area contributed by atoms with Gasteiger partial charge in [-0.3, -0.25) is 0 Å². The Morgan fingerprint density at radius 2 is 1.50 bits per heavy atom. The second-order valence-corrected chi connectivity index (χ2v) is 8.82. The van der Waals surface area contributed by atoms with Crippen LogP contribution in [0.2, 0.25) is 0 Å². The van der Waals surface area contributed by atoms with Crippen LogP contribution in [0.15, 0.2) is 107 Å². The zero-order chi connectivity index (χ0) is 21.8. The minimum absolute atomic E-state index is 0.123. The average Bonchev–Trinajstić information content (AvgIpc) is 2.86. The van der Waals surface area contributed by atoms with Crippen molar-refractivity contribution in [3.8, 4) is 5.75 Å². The van der Waals surface area contributed by atoms with Gasteiger partial charge in [-0.1, -0.05) is 78.5 Å². The highest BCUT2D eigenvalue weighted by Crippen LogP contribution is 2.49. The predicted molar refractivity (Wildman–Crippen MR) is 130 cm³/mol. The maximum Gasteiger partial charge on any atom is 0.118 e. The maximum atomic E-state index is 6.58. The van der Waals surface area contributed by atoms with Crippen molar-refractivity contribution in [2.45, 2.75) is 29.0 Å². The fourth-order valence-electron chi connectivity index (χ4n) is 3.99. The first-order chi connectivity index (χ1) is 15.8.